The standard InChI is InChI=1S/C9H13N3S/c10-8-9(12-6-5-11-8)13-7-3-1-2-4-7/h5-7H,1-4H2,(H2,10,11). The smallest absolute Gasteiger partial charge is 0.156 e. The third-order valence-corrected chi connectivity index (χ3v) is 3.61. The van der Waals surface area contributed by atoms with Gasteiger partial charge in [0.05, 0.1) is 0 Å². The largest absolute Gasteiger partial charge is 0.381 e. The number of thioether (sulfide) groups is 1. The first kappa shape index (κ1) is 8.81. The maximum Gasteiger partial charge on any atom is 0.156 e. The summed E-state index contributed by atoms with van der Waals surface area (Å²) >= 11 is 1.78. The third-order valence-electron chi connectivity index (χ3n) is 2.27. The number of nitrogens with zero attached hydrogens (tertiary/aromatic N) is 2. The van der Waals surface area contributed by atoms with Crippen LogP contribution < -0.4 is 5.73 Å². The summed E-state index contributed by atoms with van der Waals surface area (Å²) in [5.41, 5.74) is 5.70. The van der Waals surface area contributed by atoms with E-state index in [9.17, 15) is 0 Å². The zero-order valence-electron chi connectivity index (χ0n) is 7.44. The minimum absolute atomic E-state index is 0.569. The van der Waals surface area contributed by atoms with Gasteiger partial charge in [-0.05, 0) is 12.8 Å². The molecule has 3 nitrogen and oxygen atoms in total. The van der Waals surface area contributed by atoms with Crippen LogP contribution >= 0.6 is 11.8 Å². The van der Waals surface area contributed by atoms with Crippen LogP contribution in [0.25, 0.3) is 0 Å². The van der Waals surface area contributed by atoms with Crippen molar-refractivity contribution < 1.29 is 0 Å². The van der Waals surface area contributed by atoms with Crippen LogP contribution in [0.15, 0.2) is 17.4 Å². The van der Waals surface area contributed by atoms with Crippen molar-refractivity contribution in [2.24, 2.45) is 0 Å². The number of nitrogens with two attached hydrogens (primary N) is 1. The molecule has 13 heavy (non-hydrogen) atoms. The Morgan fingerprint density at radius 3 is 2.62 bits per heavy atom. The third kappa shape index (κ3) is 2.12. The molecule has 1 aromatic heterocycles. The molecule has 4 heteroatoms. The van der Waals surface area contributed by atoms with Gasteiger partial charge in [-0.25, -0.2) is 9.97 Å². The van der Waals surface area contributed by atoms with E-state index in [1.54, 1.807) is 24.2 Å². The molecule has 0 atom stereocenters. The summed E-state index contributed by atoms with van der Waals surface area (Å²) in [6.45, 7) is 0. The van der Waals surface area contributed by atoms with Gasteiger partial charge in [0, 0.05) is 17.6 Å². The first-order chi connectivity index (χ1) is 6.36. The average Bonchev–Trinajstić information content (AvgIpc) is 2.61. The van der Waals surface area contributed by atoms with Gasteiger partial charge in [0.2, 0.25) is 0 Å². The van der Waals surface area contributed by atoms with Crippen LogP contribution in [0.5, 0.6) is 0 Å². The molecule has 70 valence electrons. The van der Waals surface area contributed by atoms with Gasteiger partial charge < -0.3 is 5.73 Å². The fraction of sp³-hybridized carbons (Fsp3) is 0.556. The van der Waals surface area contributed by atoms with E-state index in [-0.39, 0.29) is 0 Å². The fourth-order valence-corrected chi connectivity index (χ4v) is 2.77. The summed E-state index contributed by atoms with van der Waals surface area (Å²) in [6, 6.07) is 0. The highest BCUT2D eigenvalue weighted by molar-refractivity contribution is 8.00. The van der Waals surface area contributed by atoms with E-state index in [1.165, 1.54) is 25.7 Å². The molecule has 2 rings (SSSR count). The van der Waals surface area contributed by atoms with Gasteiger partial charge in [-0.2, -0.15) is 0 Å². The van der Waals surface area contributed by atoms with Crippen LogP contribution in [0, 0.1) is 0 Å². The van der Waals surface area contributed by atoms with Gasteiger partial charge in [-0.15, -0.1) is 0 Å². The Morgan fingerprint density at radius 2 is 1.92 bits per heavy atom. The number of hydrogen-bond acceptors (Lipinski definition) is 4. The second kappa shape index (κ2) is 3.96. The molecule has 1 aromatic rings. The molecular formula is C9H13N3S. The summed E-state index contributed by atoms with van der Waals surface area (Å²) in [5.74, 6) is 0.569. The van der Waals surface area contributed by atoms with Crippen molar-refractivity contribution in [3.05, 3.63) is 12.4 Å². The normalized spacial score (nSPS) is 17.8. The van der Waals surface area contributed by atoms with Crippen LogP contribution in [0.3, 0.4) is 0 Å². The first-order valence-electron chi connectivity index (χ1n) is 4.59. The SMILES string of the molecule is Nc1nccnc1SC1CCCC1. The Morgan fingerprint density at radius 1 is 1.23 bits per heavy atom. The highest BCUT2D eigenvalue weighted by atomic mass is 32.2. The van der Waals surface area contributed by atoms with Gasteiger partial charge in [-0.1, -0.05) is 24.6 Å². The van der Waals surface area contributed by atoms with Crippen molar-refractivity contribution in [3.63, 3.8) is 0 Å². The topological polar surface area (TPSA) is 51.8 Å². The molecule has 0 aliphatic heterocycles. The van der Waals surface area contributed by atoms with Crippen LogP contribution in [-0.2, 0) is 0 Å². The van der Waals surface area contributed by atoms with Gasteiger partial charge in [-0.3, -0.25) is 0 Å². The van der Waals surface area contributed by atoms with Crippen molar-refractivity contribution in [2.45, 2.75) is 36.0 Å². The number of hydrogen-bond donors (Lipinski definition) is 1. The lowest BCUT2D eigenvalue weighted by Crippen LogP contribution is -1.99. The maximum atomic E-state index is 5.70. The lowest BCUT2D eigenvalue weighted by Gasteiger charge is -2.08. The van der Waals surface area contributed by atoms with Gasteiger partial charge in [0.1, 0.15) is 5.03 Å². The Bertz CT molecular complexity index is 284. The fourth-order valence-electron chi connectivity index (χ4n) is 1.59. The molecule has 0 aromatic carbocycles. The van der Waals surface area contributed by atoms with E-state index in [0.29, 0.717) is 11.1 Å². The molecule has 0 amide bonds. The zero-order chi connectivity index (χ0) is 9.10. The number of anilines is 1. The van der Waals surface area contributed by atoms with Crippen LogP contribution in [0.4, 0.5) is 5.82 Å². The summed E-state index contributed by atoms with van der Waals surface area (Å²) < 4.78 is 0. The summed E-state index contributed by atoms with van der Waals surface area (Å²) in [5, 5.41) is 1.60. The zero-order valence-corrected chi connectivity index (χ0v) is 8.26. The van der Waals surface area contributed by atoms with Crippen molar-refractivity contribution >= 4 is 17.6 Å². The lowest BCUT2D eigenvalue weighted by molar-refractivity contribution is 0.886. The van der Waals surface area contributed by atoms with Crippen molar-refractivity contribution in [1.29, 1.82) is 0 Å². The van der Waals surface area contributed by atoms with Crippen LogP contribution in [0.1, 0.15) is 25.7 Å². The first-order valence-corrected chi connectivity index (χ1v) is 5.47. The Labute approximate surface area is 82.2 Å². The van der Waals surface area contributed by atoms with Crippen molar-refractivity contribution in [1.82, 2.24) is 9.97 Å². The predicted molar refractivity (Wildman–Crippen MR) is 54.6 cm³/mol. The monoisotopic (exact) mass is 195 g/mol. The van der Waals surface area contributed by atoms with Gasteiger partial charge in [0.15, 0.2) is 5.82 Å². The predicted octanol–water partition coefficient (Wildman–Crippen LogP) is 2.09. The van der Waals surface area contributed by atoms with Gasteiger partial charge >= 0.3 is 0 Å². The lowest BCUT2D eigenvalue weighted by atomic mass is 10.4. The molecule has 1 aliphatic carbocycles. The van der Waals surface area contributed by atoms with E-state index in [4.69, 9.17) is 5.73 Å². The molecule has 1 fully saturated rings. The molecule has 0 spiro atoms. The highest BCUT2D eigenvalue weighted by Gasteiger charge is 2.17. The molecule has 0 saturated heterocycles. The van der Waals surface area contributed by atoms with E-state index >= 15 is 0 Å². The van der Waals surface area contributed by atoms with Crippen LogP contribution in [0.2, 0.25) is 0 Å². The summed E-state index contributed by atoms with van der Waals surface area (Å²) in [4.78, 5) is 8.23. The molecule has 1 heterocycles. The molecule has 0 unspecified atom stereocenters. The minimum Gasteiger partial charge on any atom is -0.381 e. The van der Waals surface area contributed by atoms with E-state index in [1.807, 2.05) is 0 Å². The van der Waals surface area contributed by atoms with Crippen molar-refractivity contribution in [3.8, 4) is 0 Å². The second-order valence-electron chi connectivity index (χ2n) is 3.27. The maximum absolute atomic E-state index is 5.70. The molecule has 1 saturated carbocycles. The number of aromatic nitrogens is 2. The second-order valence-corrected chi connectivity index (χ2v) is 4.56. The number of rotatable bonds is 2. The average molecular weight is 195 g/mol. The molecular weight excluding hydrogens is 182 g/mol. The summed E-state index contributed by atoms with van der Waals surface area (Å²) in [6.07, 6.45) is 8.61. The van der Waals surface area contributed by atoms with Gasteiger partial charge in [0.25, 0.3) is 0 Å². The summed E-state index contributed by atoms with van der Waals surface area (Å²) in [7, 11) is 0. The van der Waals surface area contributed by atoms with Crippen molar-refractivity contribution in [2.75, 3.05) is 5.73 Å². The molecule has 2 N–H and O–H groups in total. The molecule has 0 bridgehead atoms. The van der Waals surface area contributed by atoms with Crippen LogP contribution in [-0.4, -0.2) is 15.2 Å². The number of nitrogen functional groups attached to an aromatic ring is 1. The molecule has 0 radical (unpaired) electrons. The highest BCUT2D eigenvalue weighted by Crippen LogP contribution is 2.35. The quantitative estimate of drug-likeness (QED) is 0.785. The molecule has 1 aliphatic rings. The van der Waals surface area contributed by atoms with E-state index < -0.39 is 0 Å². The Balaban J connectivity index is 2.04. The Hall–Kier alpha value is -0.770. The van der Waals surface area contributed by atoms with E-state index in [2.05, 4.69) is 9.97 Å². The Kier molecular flexibility index (Phi) is 2.68. The van der Waals surface area contributed by atoms with E-state index in [0.717, 1.165) is 5.03 Å². The minimum atomic E-state index is 0.569.